The van der Waals surface area contributed by atoms with Gasteiger partial charge in [-0.15, -0.1) is 6.58 Å². The Morgan fingerprint density at radius 3 is 2.78 bits per heavy atom. The fourth-order valence-corrected chi connectivity index (χ4v) is 4.86. The van der Waals surface area contributed by atoms with E-state index in [0.717, 1.165) is 36.3 Å². The second-order valence-electron chi connectivity index (χ2n) is 8.92. The van der Waals surface area contributed by atoms with Crippen LogP contribution in [0.4, 0.5) is 0 Å². The Hall–Kier alpha value is -1.74. The van der Waals surface area contributed by atoms with E-state index in [0.29, 0.717) is 6.61 Å². The molecule has 1 aliphatic heterocycles. The van der Waals surface area contributed by atoms with Gasteiger partial charge in [0.2, 0.25) is 0 Å². The van der Waals surface area contributed by atoms with Gasteiger partial charge in [-0.3, -0.25) is 0 Å². The Morgan fingerprint density at radius 2 is 2.11 bits per heavy atom. The van der Waals surface area contributed by atoms with Crippen molar-refractivity contribution in [2.24, 2.45) is 11.3 Å². The molecule has 27 heavy (non-hydrogen) atoms. The first-order valence-corrected chi connectivity index (χ1v) is 10.1. The van der Waals surface area contributed by atoms with Gasteiger partial charge in [-0.1, -0.05) is 45.1 Å². The van der Waals surface area contributed by atoms with Crippen LogP contribution in [0.1, 0.15) is 64.5 Å². The number of benzene rings is 1. The molecule has 4 atom stereocenters. The van der Waals surface area contributed by atoms with Gasteiger partial charge in [0.1, 0.15) is 23.7 Å². The van der Waals surface area contributed by atoms with Crippen LogP contribution in [0.5, 0.6) is 11.5 Å². The molecule has 0 radical (unpaired) electrons. The lowest BCUT2D eigenvalue weighted by Gasteiger charge is -2.55. The molecule has 3 heteroatoms. The van der Waals surface area contributed by atoms with E-state index in [9.17, 15) is 5.11 Å². The third-order valence-electron chi connectivity index (χ3n) is 6.78. The first kappa shape index (κ1) is 20.0. The summed E-state index contributed by atoms with van der Waals surface area (Å²) in [6.07, 6.45) is 8.23. The molecule has 3 rings (SSSR count). The minimum Gasteiger partial charge on any atom is -0.489 e. The molecule has 1 unspecified atom stereocenters. The number of rotatable bonds is 5. The van der Waals surface area contributed by atoms with Crippen LogP contribution in [0.3, 0.4) is 0 Å². The minimum absolute atomic E-state index is 0.142. The molecule has 0 aromatic heterocycles. The average Bonchev–Trinajstić information content (AvgIpc) is 2.63. The molecule has 1 aromatic rings. The average molecular weight is 371 g/mol. The molecule has 1 saturated carbocycles. The summed E-state index contributed by atoms with van der Waals surface area (Å²) in [7, 11) is 0. The fraction of sp³-hybridized carbons (Fsp3) is 0.583. The first-order chi connectivity index (χ1) is 12.7. The van der Waals surface area contributed by atoms with Crippen molar-refractivity contribution in [1.82, 2.24) is 0 Å². The highest BCUT2D eigenvalue weighted by Gasteiger charge is 2.54. The zero-order chi connectivity index (χ0) is 19.8. The second-order valence-corrected chi connectivity index (χ2v) is 8.92. The highest BCUT2D eigenvalue weighted by Crippen LogP contribution is 2.55. The maximum atomic E-state index is 10.6. The summed E-state index contributed by atoms with van der Waals surface area (Å²) in [5.74, 6) is 2.26. The van der Waals surface area contributed by atoms with Crippen LogP contribution in [-0.4, -0.2) is 23.4 Å². The van der Waals surface area contributed by atoms with E-state index in [2.05, 4.69) is 46.4 Å². The van der Waals surface area contributed by atoms with Crippen LogP contribution < -0.4 is 9.47 Å². The van der Waals surface area contributed by atoms with Crippen molar-refractivity contribution in [1.29, 1.82) is 0 Å². The van der Waals surface area contributed by atoms with Crippen molar-refractivity contribution in [2.75, 3.05) is 6.61 Å². The SMILES string of the molecule is C=CC(C)c1c(OC/C=C/C)ccc2c1O[C@]1(C)CC[C@@H](O)C(C)(C)[C@H]1C2. The summed E-state index contributed by atoms with van der Waals surface area (Å²) in [5.41, 5.74) is 1.86. The van der Waals surface area contributed by atoms with Crippen molar-refractivity contribution >= 4 is 0 Å². The molecular weight excluding hydrogens is 336 g/mol. The number of hydrogen-bond acceptors (Lipinski definition) is 3. The molecule has 2 aliphatic rings. The van der Waals surface area contributed by atoms with Crippen molar-refractivity contribution in [3.8, 4) is 11.5 Å². The lowest BCUT2D eigenvalue weighted by Crippen LogP contribution is -2.58. The van der Waals surface area contributed by atoms with E-state index in [-0.39, 0.29) is 29.0 Å². The van der Waals surface area contributed by atoms with Gasteiger partial charge in [-0.2, -0.15) is 0 Å². The first-order valence-electron chi connectivity index (χ1n) is 10.1. The molecule has 0 amide bonds. The predicted octanol–water partition coefficient (Wildman–Crippen LogP) is 5.42. The quantitative estimate of drug-likeness (QED) is 0.703. The molecule has 1 fully saturated rings. The van der Waals surface area contributed by atoms with Crippen molar-refractivity contribution in [2.45, 2.75) is 71.5 Å². The maximum Gasteiger partial charge on any atom is 0.130 e. The van der Waals surface area contributed by atoms with Gasteiger partial charge in [-0.05, 0) is 50.2 Å². The van der Waals surface area contributed by atoms with Crippen LogP contribution in [0.2, 0.25) is 0 Å². The van der Waals surface area contributed by atoms with Crippen molar-refractivity contribution < 1.29 is 14.6 Å². The molecule has 1 aromatic carbocycles. The molecule has 3 nitrogen and oxygen atoms in total. The number of hydrogen-bond donors (Lipinski definition) is 1. The van der Waals surface area contributed by atoms with Crippen LogP contribution >= 0.6 is 0 Å². The topological polar surface area (TPSA) is 38.7 Å². The monoisotopic (exact) mass is 370 g/mol. The van der Waals surface area contributed by atoms with Crippen molar-refractivity contribution in [3.05, 3.63) is 48.1 Å². The van der Waals surface area contributed by atoms with Crippen molar-refractivity contribution in [3.63, 3.8) is 0 Å². The van der Waals surface area contributed by atoms with E-state index in [4.69, 9.17) is 9.47 Å². The van der Waals surface area contributed by atoms with Gasteiger partial charge in [0.25, 0.3) is 0 Å². The van der Waals surface area contributed by atoms with Gasteiger partial charge >= 0.3 is 0 Å². The Kier molecular flexibility index (Phi) is 5.45. The Labute approximate surface area is 164 Å². The zero-order valence-corrected chi connectivity index (χ0v) is 17.4. The highest BCUT2D eigenvalue weighted by atomic mass is 16.5. The second kappa shape index (κ2) is 7.35. The van der Waals surface area contributed by atoms with E-state index in [1.54, 1.807) is 0 Å². The van der Waals surface area contributed by atoms with Gasteiger partial charge in [0, 0.05) is 17.4 Å². The molecule has 148 valence electrons. The molecule has 0 bridgehead atoms. The van der Waals surface area contributed by atoms with E-state index < -0.39 is 0 Å². The van der Waals surface area contributed by atoms with E-state index >= 15 is 0 Å². The van der Waals surface area contributed by atoms with Gasteiger partial charge in [0.05, 0.1) is 6.10 Å². The van der Waals surface area contributed by atoms with Gasteiger partial charge in [-0.25, -0.2) is 0 Å². The van der Waals surface area contributed by atoms with Gasteiger partial charge < -0.3 is 14.6 Å². The molecule has 0 spiro atoms. The Balaban J connectivity index is 2.06. The molecule has 1 heterocycles. The van der Waals surface area contributed by atoms with E-state index in [1.807, 2.05) is 25.2 Å². The Morgan fingerprint density at radius 1 is 1.37 bits per heavy atom. The third-order valence-corrected chi connectivity index (χ3v) is 6.78. The van der Waals surface area contributed by atoms with E-state index in [1.165, 1.54) is 5.56 Å². The molecular formula is C24H34O3. The highest BCUT2D eigenvalue weighted by molar-refractivity contribution is 5.55. The standard InChI is InChI=1S/C24H34O3/c1-7-9-14-26-18-11-10-17-15-19-23(4,5)20(25)12-13-24(19,6)27-22(17)21(18)16(3)8-2/h7-11,16,19-20,25H,2,12-15H2,1,3-6H3/b9-7+/t16?,19-,20-,24-/m1/s1. The molecule has 1 aliphatic carbocycles. The normalized spacial score (nSPS) is 30.1. The fourth-order valence-electron chi connectivity index (χ4n) is 4.86. The van der Waals surface area contributed by atoms with Crippen LogP contribution in [0.25, 0.3) is 0 Å². The summed E-state index contributed by atoms with van der Waals surface area (Å²) in [6, 6.07) is 4.20. The summed E-state index contributed by atoms with van der Waals surface area (Å²) in [4.78, 5) is 0. The molecule has 0 saturated heterocycles. The largest absolute Gasteiger partial charge is 0.489 e. The lowest BCUT2D eigenvalue weighted by atomic mass is 9.57. The Bertz CT molecular complexity index is 733. The van der Waals surface area contributed by atoms with Crippen LogP contribution in [0.15, 0.2) is 36.9 Å². The number of allylic oxidation sites excluding steroid dienone is 2. The number of fused-ring (bicyclic) bond motifs is 2. The third kappa shape index (κ3) is 3.42. The number of aliphatic hydroxyl groups is 1. The summed E-state index contributed by atoms with van der Waals surface area (Å²) in [5, 5.41) is 10.6. The smallest absolute Gasteiger partial charge is 0.130 e. The molecule has 1 N–H and O–H groups in total. The summed E-state index contributed by atoms with van der Waals surface area (Å²) >= 11 is 0. The van der Waals surface area contributed by atoms with Crippen LogP contribution in [0, 0.1) is 11.3 Å². The zero-order valence-electron chi connectivity index (χ0n) is 17.4. The number of aliphatic hydroxyl groups excluding tert-OH is 1. The summed E-state index contributed by atoms with van der Waals surface area (Å²) < 4.78 is 12.8. The lowest BCUT2D eigenvalue weighted by molar-refractivity contribution is -0.138. The maximum absolute atomic E-state index is 10.6. The predicted molar refractivity (Wildman–Crippen MR) is 111 cm³/mol. The number of ether oxygens (including phenoxy) is 2. The van der Waals surface area contributed by atoms with Crippen LogP contribution in [-0.2, 0) is 6.42 Å². The summed E-state index contributed by atoms with van der Waals surface area (Å²) in [6.45, 7) is 15.2. The minimum atomic E-state index is -0.282. The van der Waals surface area contributed by atoms with Gasteiger partial charge in [0.15, 0.2) is 0 Å².